The second kappa shape index (κ2) is 9.34. The number of hydrogen-bond donors (Lipinski definition) is 2. The molecular weight excluding hydrogens is 436 g/mol. The predicted molar refractivity (Wildman–Crippen MR) is 131 cm³/mol. The van der Waals surface area contributed by atoms with Crippen molar-refractivity contribution >= 4 is 38.1 Å². The molecule has 1 amide bonds. The number of nitrogens with one attached hydrogen (secondary N) is 2. The van der Waals surface area contributed by atoms with Gasteiger partial charge in [-0.15, -0.1) is 0 Å². The quantitative estimate of drug-likeness (QED) is 0.393. The second-order valence-corrected chi connectivity index (χ2v) is 9.44. The lowest BCUT2D eigenvalue weighted by molar-refractivity contribution is -0.118. The molecule has 0 unspecified atom stereocenters. The molecule has 0 heterocycles. The van der Waals surface area contributed by atoms with Crippen LogP contribution in [0.3, 0.4) is 0 Å². The summed E-state index contributed by atoms with van der Waals surface area (Å²) >= 11 is 0. The van der Waals surface area contributed by atoms with Gasteiger partial charge in [-0.05, 0) is 61.2 Å². The van der Waals surface area contributed by atoms with E-state index in [1.165, 1.54) is 12.1 Å². The molecule has 0 bridgehead atoms. The molecule has 4 aromatic carbocycles. The first kappa shape index (κ1) is 22.4. The van der Waals surface area contributed by atoms with E-state index in [1.54, 1.807) is 25.1 Å². The second-order valence-electron chi connectivity index (χ2n) is 7.76. The van der Waals surface area contributed by atoms with Gasteiger partial charge in [0, 0.05) is 16.8 Å². The molecular formula is C26H24N2O4S. The van der Waals surface area contributed by atoms with Crippen LogP contribution in [0.15, 0.2) is 89.8 Å². The molecule has 0 saturated heterocycles. The first-order chi connectivity index (χ1) is 15.8. The average Bonchev–Trinajstić information content (AvgIpc) is 2.80. The van der Waals surface area contributed by atoms with E-state index in [9.17, 15) is 13.2 Å². The van der Waals surface area contributed by atoms with Crippen molar-refractivity contribution in [1.82, 2.24) is 0 Å². The highest BCUT2D eigenvalue weighted by Gasteiger charge is 2.16. The van der Waals surface area contributed by atoms with Crippen molar-refractivity contribution in [2.24, 2.45) is 0 Å². The number of carbonyl (C=O) groups excluding carboxylic acids is 1. The molecule has 6 nitrogen and oxygen atoms in total. The Balaban J connectivity index is 1.42. The van der Waals surface area contributed by atoms with E-state index in [0.717, 1.165) is 16.3 Å². The number of aryl methyl sites for hydroxylation is 2. The van der Waals surface area contributed by atoms with Gasteiger partial charge in [0.2, 0.25) is 0 Å². The molecule has 0 aliphatic heterocycles. The molecule has 0 aliphatic carbocycles. The van der Waals surface area contributed by atoms with Gasteiger partial charge < -0.3 is 10.1 Å². The van der Waals surface area contributed by atoms with E-state index >= 15 is 0 Å². The number of amides is 1. The first-order valence-electron chi connectivity index (χ1n) is 10.4. The standard InChI is InChI=1S/C26H24N2O4S/c1-18-10-12-21(13-11-18)28-33(30,31)22-14-15-25(19(2)16-22)32-17-26(29)27-24-9-5-7-20-6-3-4-8-23(20)24/h3-16,28H,17H2,1-2H3,(H,27,29). The van der Waals surface area contributed by atoms with Crippen LogP contribution in [0.25, 0.3) is 10.8 Å². The Morgan fingerprint density at radius 3 is 2.36 bits per heavy atom. The van der Waals surface area contributed by atoms with Gasteiger partial charge in [0.05, 0.1) is 4.90 Å². The van der Waals surface area contributed by atoms with E-state index in [1.807, 2.05) is 61.5 Å². The third-order valence-electron chi connectivity index (χ3n) is 5.18. The summed E-state index contributed by atoms with van der Waals surface area (Å²) in [5, 5.41) is 4.85. The highest BCUT2D eigenvalue weighted by molar-refractivity contribution is 7.92. The molecule has 0 aromatic heterocycles. The zero-order chi connectivity index (χ0) is 23.4. The van der Waals surface area contributed by atoms with Gasteiger partial charge in [-0.3, -0.25) is 9.52 Å². The Hall–Kier alpha value is -3.84. The smallest absolute Gasteiger partial charge is 0.262 e. The number of carbonyl (C=O) groups is 1. The van der Waals surface area contributed by atoms with Crippen LogP contribution in [-0.2, 0) is 14.8 Å². The van der Waals surface area contributed by atoms with Crippen LogP contribution in [0.1, 0.15) is 11.1 Å². The van der Waals surface area contributed by atoms with Crippen molar-refractivity contribution in [2.75, 3.05) is 16.6 Å². The minimum Gasteiger partial charge on any atom is -0.483 e. The topological polar surface area (TPSA) is 84.5 Å². The Morgan fingerprint density at radius 2 is 1.61 bits per heavy atom. The summed E-state index contributed by atoms with van der Waals surface area (Å²) in [5.74, 6) is 0.140. The molecule has 168 valence electrons. The summed E-state index contributed by atoms with van der Waals surface area (Å²) in [6.45, 7) is 3.48. The van der Waals surface area contributed by atoms with E-state index in [0.29, 0.717) is 22.7 Å². The largest absolute Gasteiger partial charge is 0.483 e. The van der Waals surface area contributed by atoms with Crippen molar-refractivity contribution in [2.45, 2.75) is 18.7 Å². The summed E-state index contributed by atoms with van der Waals surface area (Å²) in [6.07, 6.45) is 0. The number of sulfonamides is 1. The van der Waals surface area contributed by atoms with Crippen molar-refractivity contribution in [3.05, 3.63) is 96.1 Å². The average molecular weight is 461 g/mol. The van der Waals surface area contributed by atoms with Crippen molar-refractivity contribution in [3.63, 3.8) is 0 Å². The zero-order valence-electron chi connectivity index (χ0n) is 18.3. The maximum atomic E-state index is 12.7. The van der Waals surface area contributed by atoms with Crippen LogP contribution in [-0.4, -0.2) is 20.9 Å². The highest BCUT2D eigenvalue weighted by atomic mass is 32.2. The number of benzene rings is 4. The van der Waals surface area contributed by atoms with Crippen molar-refractivity contribution in [1.29, 1.82) is 0 Å². The molecule has 0 spiro atoms. The Morgan fingerprint density at radius 1 is 0.879 bits per heavy atom. The normalized spacial score (nSPS) is 11.2. The molecule has 2 N–H and O–H groups in total. The summed E-state index contributed by atoms with van der Waals surface area (Å²) in [4.78, 5) is 12.6. The first-order valence-corrected chi connectivity index (χ1v) is 11.9. The molecule has 0 fully saturated rings. The lowest BCUT2D eigenvalue weighted by atomic mass is 10.1. The summed E-state index contributed by atoms with van der Waals surface area (Å²) in [5.41, 5.74) is 2.85. The Kier molecular flexibility index (Phi) is 6.33. The van der Waals surface area contributed by atoms with Crippen LogP contribution < -0.4 is 14.8 Å². The summed E-state index contributed by atoms with van der Waals surface area (Å²) in [7, 11) is -3.74. The van der Waals surface area contributed by atoms with Crippen molar-refractivity contribution < 1.29 is 17.9 Å². The molecule has 33 heavy (non-hydrogen) atoms. The van der Waals surface area contributed by atoms with E-state index < -0.39 is 10.0 Å². The fraction of sp³-hybridized carbons (Fsp3) is 0.115. The van der Waals surface area contributed by atoms with Gasteiger partial charge in [0.25, 0.3) is 15.9 Å². The fourth-order valence-corrected chi connectivity index (χ4v) is 4.59. The van der Waals surface area contributed by atoms with Gasteiger partial charge in [0.1, 0.15) is 5.75 Å². The number of fused-ring (bicyclic) bond motifs is 1. The Labute approximate surface area is 193 Å². The van der Waals surface area contributed by atoms with E-state index in [-0.39, 0.29) is 17.4 Å². The Bertz CT molecular complexity index is 1410. The lowest BCUT2D eigenvalue weighted by Gasteiger charge is -2.13. The fourth-order valence-electron chi connectivity index (χ4n) is 3.45. The predicted octanol–water partition coefficient (Wildman–Crippen LogP) is 5.27. The maximum Gasteiger partial charge on any atom is 0.262 e. The third kappa shape index (κ3) is 5.32. The SMILES string of the molecule is Cc1ccc(NS(=O)(=O)c2ccc(OCC(=O)Nc3cccc4ccccc34)c(C)c2)cc1. The van der Waals surface area contributed by atoms with Crippen LogP contribution in [0.5, 0.6) is 5.75 Å². The molecule has 0 atom stereocenters. The summed E-state index contributed by atoms with van der Waals surface area (Å²) in [6, 6.07) is 25.1. The van der Waals surface area contributed by atoms with Gasteiger partial charge in [-0.1, -0.05) is 54.1 Å². The molecule has 0 saturated carbocycles. The summed E-state index contributed by atoms with van der Waals surface area (Å²) < 4.78 is 33.6. The third-order valence-corrected chi connectivity index (χ3v) is 6.56. The molecule has 0 aliphatic rings. The molecule has 4 rings (SSSR count). The highest BCUT2D eigenvalue weighted by Crippen LogP contribution is 2.25. The van der Waals surface area contributed by atoms with Gasteiger partial charge in [0.15, 0.2) is 6.61 Å². The monoisotopic (exact) mass is 460 g/mol. The number of anilines is 2. The number of rotatable bonds is 7. The minimum absolute atomic E-state index is 0.119. The number of ether oxygens (including phenoxy) is 1. The zero-order valence-corrected chi connectivity index (χ0v) is 19.1. The van der Waals surface area contributed by atoms with Crippen LogP contribution in [0, 0.1) is 13.8 Å². The van der Waals surface area contributed by atoms with Crippen molar-refractivity contribution in [3.8, 4) is 5.75 Å². The van der Waals surface area contributed by atoms with Gasteiger partial charge >= 0.3 is 0 Å². The van der Waals surface area contributed by atoms with Gasteiger partial charge in [-0.2, -0.15) is 0 Å². The van der Waals surface area contributed by atoms with Crippen LogP contribution >= 0.6 is 0 Å². The molecule has 7 heteroatoms. The van der Waals surface area contributed by atoms with E-state index in [2.05, 4.69) is 10.0 Å². The number of hydrogen-bond acceptors (Lipinski definition) is 4. The molecule has 0 radical (unpaired) electrons. The van der Waals surface area contributed by atoms with E-state index in [4.69, 9.17) is 4.74 Å². The van der Waals surface area contributed by atoms with Crippen LogP contribution in [0.4, 0.5) is 11.4 Å². The van der Waals surface area contributed by atoms with Crippen LogP contribution in [0.2, 0.25) is 0 Å². The lowest BCUT2D eigenvalue weighted by Crippen LogP contribution is -2.20. The maximum absolute atomic E-state index is 12.7. The minimum atomic E-state index is -3.74. The van der Waals surface area contributed by atoms with Gasteiger partial charge in [-0.25, -0.2) is 8.42 Å². The molecule has 4 aromatic rings.